The van der Waals surface area contributed by atoms with Crippen molar-refractivity contribution in [2.24, 2.45) is 0 Å². The molecular weight excluding hydrogens is 769 g/mol. The molecule has 7 aromatic carbocycles. The molecule has 0 aliphatic carbocycles. The van der Waals surface area contributed by atoms with Gasteiger partial charge in [0.05, 0.1) is 0 Å². The van der Waals surface area contributed by atoms with Crippen molar-refractivity contribution in [3.63, 3.8) is 0 Å². The minimum Gasteiger partial charge on any atom is -0.505 e. The number of benzene rings is 7. The highest BCUT2D eigenvalue weighted by Crippen LogP contribution is 2.61. The maximum atomic E-state index is 12.3. The molecule has 60 heavy (non-hydrogen) atoms. The fourth-order valence-electron chi connectivity index (χ4n) is 8.50. The third-order valence-corrected chi connectivity index (χ3v) is 11.4. The summed E-state index contributed by atoms with van der Waals surface area (Å²) in [6.45, 7) is 0. The molecule has 288 valence electrons. The summed E-state index contributed by atoms with van der Waals surface area (Å²) in [7, 11) is -0.371. The summed E-state index contributed by atoms with van der Waals surface area (Å²) in [5.41, 5.74) is 3.64. The maximum absolute atomic E-state index is 12.3. The van der Waals surface area contributed by atoms with E-state index < -0.39 is 46.0 Å². The van der Waals surface area contributed by atoms with Gasteiger partial charge in [0.2, 0.25) is 41.8 Å². The molecular formula is C45H24BN3O11. The van der Waals surface area contributed by atoms with Gasteiger partial charge in [0.1, 0.15) is 16.7 Å². The number of aromatic nitrogens is 3. The van der Waals surface area contributed by atoms with Crippen LogP contribution in [0.25, 0.3) is 100 Å². The molecule has 0 bridgehead atoms. The predicted octanol–water partition coefficient (Wildman–Crippen LogP) is 7.33. The number of rotatable bonds is 4. The Labute approximate surface area is 335 Å². The number of hydrogen-bond acceptors (Lipinski definition) is 14. The molecule has 3 aromatic heterocycles. The van der Waals surface area contributed by atoms with Crippen LogP contribution in [0.3, 0.4) is 0 Å². The summed E-state index contributed by atoms with van der Waals surface area (Å²) in [5.74, 6) is -5.94. The van der Waals surface area contributed by atoms with Crippen LogP contribution >= 0.6 is 0 Å². The Morgan fingerprint density at radius 2 is 1.00 bits per heavy atom. The summed E-state index contributed by atoms with van der Waals surface area (Å²) in [6, 6.07) is 30.6. The van der Waals surface area contributed by atoms with E-state index in [0.717, 1.165) is 21.9 Å². The molecule has 12 rings (SSSR count). The standard InChI is InChI=1S/C45H24BN3O11/c50-32-29(39-25-26-27-30(33(51)35(53)37(55)41(27)58-40(26)32)46-31-28(25)42(60-59-39)38(56)36(54)34(31)52)45-48-43(19-12-10-18(11-13-19)17-6-2-1-3-7-17)47-44(49-45)20-14-15-22-21-8-4-5-9-23(21)57-24(22)16-20/h1-16,46,50-56H. The number of nitrogens with zero attached hydrogens (tertiary/aromatic N) is 3. The van der Waals surface area contributed by atoms with Crippen LogP contribution in [-0.2, 0) is 0 Å². The van der Waals surface area contributed by atoms with Crippen LogP contribution in [0, 0.1) is 0 Å². The second-order valence-corrected chi connectivity index (χ2v) is 14.6. The molecule has 15 heteroatoms. The van der Waals surface area contributed by atoms with Crippen LogP contribution in [0.4, 0.5) is 0 Å². The minimum atomic E-state index is -0.928. The summed E-state index contributed by atoms with van der Waals surface area (Å²) >= 11 is 0. The molecule has 14 nitrogen and oxygen atoms in total. The highest BCUT2D eigenvalue weighted by molar-refractivity contribution is 6.75. The lowest BCUT2D eigenvalue weighted by Crippen LogP contribution is -2.30. The Balaban J connectivity index is 1.17. The lowest BCUT2D eigenvalue weighted by atomic mass is 9.61. The van der Waals surface area contributed by atoms with Crippen LogP contribution in [0.15, 0.2) is 106 Å². The van der Waals surface area contributed by atoms with E-state index in [9.17, 15) is 35.7 Å². The summed E-state index contributed by atoms with van der Waals surface area (Å²) < 4.78 is 12.3. The zero-order valence-electron chi connectivity index (χ0n) is 30.5. The average Bonchev–Trinajstić information content (AvgIpc) is 3.82. The maximum Gasteiger partial charge on any atom is 0.231 e. The van der Waals surface area contributed by atoms with Crippen LogP contribution in [-0.4, -0.2) is 58.0 Å². The minimum absolute atomic E-state index is 0.00826. The van der Waals surface area contributed by atoms with Crippen molar-refractivity contribution in [2.45, 2.75) is 0 Å². The topological polar surface area (TPSA) is 225 Å². The molecule has 0 fully saturated rings. The lowest BCUT2D eigenvalue weighted by molar-refractivity contribution is -0.103. The Kier molecular flexibility index (Phi) is 6.56. The number of para-hydroxylation sites is 1. The predicted molar refractivity (Wildman–Crippen MR) is 221 cm³/mol. The molecule has 0 saturated heterocycles. The van der Waals surface area contributed by atoms with E-state index in [-0.39, 0.29) is 80.1 Å². The fourth-order valence-corrected chi connectivity index (χ4v) is 8.50. The first-order valence-corrected chi connectivity index (χ1v) is 18.6. The molecule has 0 radical (unpaired) electrons. The van der Waals surface area contributed by atoms with E-state index in [4.69, 9.17) is 33.6 Å². The van der Waals surface area contributed by atoms with E-state index in [1.54, 1.807) is 6.07 Å². The largest absolute Gasteiger partial charge is 0.505 e. The second kappa shape index (κ2) is 11.7. The molecule has 0 saturated carbocycles. The van der Waals surface area contributed by atoms with Gasteiger partial charge in [-0.1, -0.05) is 78.9 Å². The first-order chi connectivity index (χ1) is 29.2. The number of aromatic hydroxyl groups is 7. The van der Waals surface area contributed by atoms with Crippen molar-refractivity contribution in [1.29, 1.82) is 0 Å². The highest BCUT2D eigenvalue weighted by Gasteiger charge is 2.42. The first kappa shape index (κ1) is 33.5. The zero-order valence-corrected chi connectivity index (χ0v) is 30.5. The Morgan fingerprint density at radius 3 is 1.80 bits per heavy atom. The summed E-state index contributed by atoms with van der Waals surface area (Å²) in [4.78, 5) is 26.2. The van der Waals surface area contributed by atoms with Gasteiger partial charge in [0.15, 0.2) is 45.9 Å². The quantitative estimate of drug-likeness (QED) is 0.0526. The molecule has 5 heterocycles. The van der Waals surface area contributed by atoms with Crippen molar-refractivity contribution >= 4 is 62.1 Å². The van der Waals surface area contributed by atoms with Gasteiger partial charge in [0, 0.05) is 43.8 Å². The van der Waals surface area contributed by atoms with E-state index in [2.05, 4.69) is 0 Å². The van der Waals surface area contributed by atoms with Crippen LogP contribution in [0.2, 0.25) is 0 Å². The number of fused-ring (bicyclic) bond motifs is 3. The van der Waals surface area contributed by atoms with Gasteiger partial charge in [-0.2, -0.15) is 0 Å². The molecule has 0 unspecified atom stereocenters. The van der Waals surface area contributed by atoms with Crippen LogP contribution in [0.5, 0.6) is 51.7 Å². The van der Waals surface area contributed by atoms with Crippen molar-refractivity contribution < 1.29 is 54.4 Å². The van der Waals surface area contributed by atoms with E-state index in [1.807, 2.05) is 91.0 Å². The van der Waals surface area contributed by atoms with Gasteiger partial charge in [-0.15, -0.1) is 0 Å². The van der Waals surface area contributed by atoms with Gasteiger partial charge in [-0.3, -0.25) is 9.78 Å². The molecule has 0 amide bonds. The van der Waals surface area contributed by atoms with Crippen LogP contribution in [0.1, 0.15) is 0 Å². The molecule has 0 spiro atoms. The van der Waals surface area contributed by atoms with Crippen LogP contribution < -0.4 is 20.7 Å². The molecule has 7 N–H and O–H groups in total. The monoisotopic (exact) mass is 793 g/mol. The van der Waals surface area contributed by atoms with Gasteiger partial charge in [-0.25, -0.2) is 15.0 Å². The zero-order chi connectivity index (χ0) is 40.7. The van der Waals surface area contributed by atoms with Gasteiger partial charge in [0.25, 0.3) is 0 Å². The molecule has 2 aliphatic rings. The van der Waals surface area contributed by atoms with Gasteiger partial charge in [-0.05, 0) is 40.3 Å². The lowest BCUT2D eigenvalue weighted by Gasteiger charge is -2.25. The van der Waals surface area contributed by atoms with Crippen molar-refractivity contribution in [1.82, 2.24) is 15.0 Å². The first-order valence-electron chi connectivity index (χ1n) is 18.6. The van der Waals surface area contributed by atoms with Gasteiger partial charge >= 0.3 is 0 Å². The Morgan fingerprint density at radius 1 is 0.400 bits per heavy atom. The fraction of sp³-hybridized carbons (Fsp3) is 0. The molecule has 2 aliphatic heterocycles. The summed E-state index contributed by atoms with van der Waals surface area (Å²) in [6.07, 6.45) is 0. The van der Waals surface area contributed by atoms with E-state index in [0.29, 0.717) is 22.3 Å². The Hall–Kier alpha value is -8.59. The molecule has 10 aromatic rings. The number of furan rings is 2. The third-order valence-electron chi connectivity index (χ3n) is 11.4. The number of phenolic OH excluding ortho intramolecular Hbond substituents is 7. The van der Waals surface area contributed by atoms with Crippen molar-refractivity contribution in [2.75, 3.05) is 0 Å². The Bertz CT molecular complexity index is 3550. The molecule has 0 atom stereocenters. The normalized spacial score (nSPS) is 12.5. The SMILES string of the molecule is Oc1c(O)c2c3c(c1O)OOc1c(-c4nc(-c5ccc(-c6ccccc6)cc5)nc(-c5ccc6c(c5)oc5ccccc56)n4)c(O)c4oc5c(O)c(O)c(O)c(c5c4c1-3)B2. The summed E-state index contributed by atoms with van der Waals surface area (Å²) in [5, 5.41) is 80.4. The van der Waals surface area contributed by atoms with Gasteiger partial charge < -0.3 is 44.6 Å². The van der Waals surface area contributed by atoms with E-state index in [1.165, 1.54) is 0 Å². The van der Waals surface area contributed by atoms with Crippen molar-refractivity contribution in [3.05, 3.63) is 97.1 Å². The van der Waals surface area contributed by atoms with Crippen molar-refractivity contribution in [3.8, 4) is 108 Å². The number of phenols is 7. The van der Waals surface area contributed by atoms with E-state index >= 15 is 0 Å². The average molecular weight is 794 g/mol. The second-order valence-electron chi connectivity index (χ2n) is 14.6. The number of hydrogen-bond donors (Lipinski definition) is 7. The third kappa shape index (κ3) is 4.39. The highest BCUT2D eigenvalue weighted by atomic mass is 17.2. The smallest absolute Gasteiger partial charge is 0.231 e.